The van der Waals surface area contributed by atoms with Crippen molar-refractivity contribution in [3.8, 4) is 0 Å². The summed E-state index contributed by atoms with van der Waals surface area (Å²) in [5, 5.41) is 3.16. The fourth-order valence-corrected chi connectivity index (χ4v) is 1.46. The van der Waals surface area contributed by atoms with Gasteiger partial charge in [0.25, 0.3) is 0 Å². The predicted octanol–water partition coefficient (Wildman–Crippen LogP) is 1.73. The molecule has 0 aliphatic carbocycles. The van der Waals surface area contributed by atoms with Crippen LogP contribution in [-0.4, -0.2) is 51.3 Å². The van der Waals surface area contributed by atoms with Gasteiger partial charge < -0.3 is 10.1 Å². The van der Waals surface area contributed by atoms with Crippen molar-refractivity contribution < 1.29 is 4.74 Å². The predicted molar refractivity (Wildman–Crippen MR) is 66.4 cm³/mol. The molecule has 0 amide bonds. The summed E-state index contributed by atoms with van der Waals surface area (Å²) in [6.07, 6.45) is 3.84. The molecule has 0 aromatic rings. The summed E-state index contributed by atoms with van der Waals surface area (Å²) in [7, 11) is 2.01. The highest BCUT2D eigenvalue weighted by atomic mass is 16.5. The van der Waals surface area contributed by atoms with Gasteiger partial charge in [-0.05, 0) is 33.0 Å². The van der Waals surface area contributed by atoms with Crippen LogP contribution in [0, 0.1) is 0 Å². The Bertz CT molecular complexity index is 114. The van der Waals surface area contributed by atoms with Gasteiger partial charge in [0.05, 0.1) is 13.2 Å². The molecule has 0 saturated carbocycles. The molecule has 92 valence electrons. The summed E-state index contributed by atoms with van der Waals surface area (Å²) in [5.41, 5.74) is 0. The van der Waals surface area contributed by atoms with Gasteiger partial charge in [-0.15, -0.1) is 0 Å². The highest BCUT2D eigenvalue weighted by Gasteiger charge is 2.08. The molecule has 1 fully saturated rings. The van der Waals surface area contributed by atoms with Crippen molar-refractivity contribution in [1.29, 1.82) is 0 Å². The Morgan fingerprint density at radius 1 is 1.13 bits per heavy atom. The lowest BCUT2D eigenvalue weighted by Gasteiger charge is -2.26. The van der Waals surface area contributed by atoms with Crippen LogP contribution in [0.2, 0.25) is 0 Å². The Hall–Kier alpha value is -0.120. The second kappa shape index (κ2) is 12.0. The Morgan fingerprint density at radius 2 is 1.73 bits per heavy atom. The van der Waals surface area contributed by atoms with Crippen molar-refractivity contribution in [2.75, 3.05) is 46.4 Å². The first kappa shape index (κ1) is 14.9. The first-order valence-electron chi connectivity index (χ1n) is 6.29. The van der Waals surface area contributed by atoms with Crippen molar-refractivity contribution in [3.05, 3.63) is 0 Å². The van der Waals surface area contributed by atoms with Crippen molar-refractivity contribution in [2.24, 2.45) is 0 Å². The standard InChI is InChI=1S/C9H20N2O.C3H8/c1-10-4-2-3-5-11-6-8-12-9-7-11;1-3-2/h10H,2-9H2,1H3;3H2,1-2H3. The number of morpholine rings is 1. The van der Waals surface area contributed by atoms with Crippen molar-refractivity contribution in [3.63, 3.8) is 0 Å². The van der Waals surface area contributed by atoms with E-state index in [-0.39, 0.29) is 0 Å². The van der Waals surface area contributed by atoms with Crippen LogP contribution in [-0.2, 0) is 4.74 Å². The zero-order valence-electron chi connectivity index (χ0n) is 10.7. The van der Waals surface area contributed by atoms with E-state index in [4.69, 9.17) is 4.74 Å². The summed E-state index contributed by atoms with van der Waals surface area (Å²) in [6.45, 7) is 10.7. The maximum atomic E-state index is 5.27. The van der Waals surface area contributed by atoms with E-state index in [9.17, 15) is 0 Å². The number of unbranched alkanes of at least 4 members (excludes halogenated alkanes) is 1. The highest BCUT2D eigenvalue weighted by molar-refractivity contribution is 4.61. The average molecular weight is 216 g/mol. The fourth-order valence-electron chi connectivity index (χ4n) is 1.46. The van der Waals surface area contributed by atoms with Crippen LogP contribution in [0.3, 0.4) is 0 Å². The molecule has 0 radical (unpaired) electrons. The third-order valence-corrected chi connectivity index (χ3v) is 2.25. The van der Waals surface area contributed by atoms with Crippen LogP contribution < -0.4 is 5.32 Å². The Kier molecular flexibility index (Phi) is 11.9. The van der Waals surface area contributed by atoms with Crippen molar-refractivity contribution in [1.82, 2.24) is 10.2 Å². The summed E-state index contributed by atoms with van der Waals surface area (Å²) in [5.74, 6) is 0. The Morgan fingerprint density at radius 3 is 2.27 bits per heavy atom. The highest BCUT2D eigenvalue weighted by Crippen LogP contribution is 1.99. The molecule has 0 aromatic carbocycles. The zero-order valence-corrected chi connectivity index (χ0v) is 10.7. The monoisotopic (exact) mass is 216 g/mol. The van der Waals surface area contributed by atoms with Gasteiger partial charge in [-0.3, -0.25) is 4.90 Å². The molecule has 3 nitrogen and oxygen atoms in total. The largest absolute Gasteiger partial charge is 0.379 e. The Labute approximate surface area is 95.2 Å². The molecule has 0 spiro atoms. The molecule has 15 heavy (non-hydrogen) atoms. The van der Waals surface area contributed by atoms with Gasteiger partial charge in [0.15, 0.2) is 0 Å². The smallest absolute Gasteiger partial charge is 0.0594 e. The molecule has 1 N–H and O–H groups in total. The van der Waals surface area contributed by atoms with Gasteiger partial charge in [0.2, 0.25) is 0 Å². The minimum atomic E-state index is 0.923. The molecule has 3 heteroatoms. The number of hydrogen-bond acceptors (Lipinski definition) is 3. The third-order valence-electron chi connectivity index (χ3n) is 2.25. The van der Waals surface area contributed by atoms with Gasteiger partial charge in [-0.25, -0.2) is 0 Å². The van der Waals surface area contributed by atoms with Crippen LogP contribution >= 0.6 is 0 Å². The minimum Gasteiger partial charge on any atom is -0.379 e. The van der Waals surface area contributed by atoms with E-state index >= 15 is 0 Å². The van der Waals surface area contributed by atoms with Crippen molar-refractivity contribution in [2.45, 2.75) is 33.1 Å². The number of nitrogens with zero attached hydrogens (tertiary/aromatic N) is 1. The molecule has 1 rings (SSSR count). The van der Waals surface area contributed by atoms with Crippen LogP contribution in [0.15, 0.2) is 0 Å². The number of hydrogen-bond donors (Lipinski definition) is 1. The molecule has 0 unspecified atom stereocenters. The molecular formula is C12H28N2O. The van der Waals surface area contributed by atoms with E-state index in [0.717, 1.165) is 32.8 Å². The number of rotatable bonds is 5. The number of ether oxygens (including phenoxy) is 1. The molecule has 0 aromatic heterocycles. The van der Waals surface area contributed by atoms with E-state index in [2.05, 4.69) is 24.1 Å². The van der Waals surface area contributed by atoms with Gasteiger partial charge in [-0.1, -0.05) is 20.3 Å². The average Bonchev–Trinajstić information content (AvgIpc) is 2.27. The maximum absolute atomic E-state index is 5.27. The molecule has 1 heterocycles. The van der Waals surface area contributed by atoms with Crippen LogP contribution in [0.5, 0.6) is 0 Å². The second-order valence-corrected chi connectivity index (χ2v) is 3.97. The van der Waals surface area contributed by atoms with Crippen LogP contribution in [0.4, 0.5) is 0 Å². The van der Waals surface area contributed by atoms with Gasteiger partial charge in [0, 0.05) is 13.1 Å². The molecule has 0 bridgehead atoms. The summed E-state index contributed by atoms with van der Waals surface area (Å²) < 4.78 is 5.27. The van der Waals surface area contributed by atoms with E-state index in [1.165, 1.54) is 25.8 Å². The summed E-state index contributed by atoms with van der Waals surface area (Å²) in [4.78, 5) is 2.49. The molecule has 1 aliphatic rings. The van der Waals surface area contributed by atoms with E-state index in [1.807, 2.05) is 7.05 Å². The SMILES string of the molecule is CCC.CNCCCCN1CCOCC1. The maximum Gasteiger partial charge on any atom is 0.0594 e. The zero-order chi connectivity index (χ0) is 11.4. The van der Waals surface area contributed by atoms with E-state index in [0.29, 0.717) is 0 Å². The van der Waals surface area contributed by atoms with Crippen LogP contribution in [0.25, 0.3) is 0 Å². The normalized spacial score (nSPS) is 17.0. The summed E-state index contributed by atoms with van der Waals surface area (Å²) in [6, 6.07) is 0. The fraction of sp³-hybridized carbons (Fsp3) is 1.00. The van der Waals surface area contributed by atoms with Gasteiger partial charge in [0.1, 0.15) is 0 Å². The third kappa shape index (κ3) is 10.2. The van der Waals surface area contributed by atoms with E-state index in [1.54, 1.807) is 0 Å². The number of nitrogens with one attached hydrogen (secondary N) is 1. The quantitative estimate of drug-likeness (QED) is 0.708. The summed E-state index contributed by atoms with van der Waals surface area (Å²) >= 11 is 0. The molecule has 0 atom stereocenters. The second-order valence-electron chi connectivity index (χ2n) is 3.97. The minimum absolute atomic E-state index is 0.923. The lowest BCUT2D eigenvalue weighted by molar-refractivity contribution is 0.0372. The van der Waals surface area contributed by atoms with Gasteiger partial charge >= 0.3 is 0 Å². The Balaban J connectivity index is 0.000000583. The first-order chi connectivity index (χ1) is 7.35. The lowest BCUT2D eigenvalue weighted by atomic mass is 10.3. The molecule has 1 aliphatic heterocycles. The lowest BCUT2D eigenvalue weighted by Crippen LogP contribution is -2.36. The molecular weight excluding hydrogens is 188 g/mol. The van der Waals surface area contributed by atoms with Gasteiger partial charge in [-0.2, -0.15) is 0 Å². The topological polar surface area (TPSA) is 24.5 Å². The van der Waals surface area contributed by atoms with E-state index < -0.39 is 0 Å². The van der Waals surface area contributed by atoms with Crippen LogP contribution in [0.1, 0.15) is 33.1 Å². The molecule has 1 saturated heterocycles. The van der Waals surface area contributed by atoms with Crippen molar-refractivity contribution >= 4 is 0 Å². The first-order valence-corrected chi connectivity index (χ1v) is 6.29.